The molecule has 1 N–H and O–H groups in total. The van der Waals surface area contributed by atoms with Gasteiger partial charge < -0.3 is 19.5 Å². The van der Waals surface area contributed by atoms with Crippen LogP contribution in [0.3, 0.4) is 0 Å². The van der Waals surface area contributed by atoms with Crippen molar-refractivity contribution in [2.24, 2.45) is 0 Å². The second-order valence-corrected chi connectivity index (χ2v) is 5.99. The third-order valence-corrected chi connectivity index (χ3v) is 4.05. The number of anilines is 1. The summed E-state index contributed by atoms with van der Waals surface area (Å²) in [4.78, 5) is 12.5. The van der Waals surface area contributed by atoms with E-state index in [1.807, 2.05) is 19.1 Å². The van der Waals surface area contributed by atoms with Gasteiger partial charge in [-0.3, -0.25) is 4.79 Å². The van der Waals surface area contributed by atoms with Crippen molar-refractivity contribution >= 4 is 17.7 Å². The van der Waals surface area contributed by atoms with Gasteiger partial charge in [0.05, 0.1) is 20.8 Å². The third kappa shape index (κ3) is 5.63. The average molecular weight is 392 g/mol. The number of methoxy groups -OCH3 is 2. The summed E-state index contributed by atoms with van der Waals surface area (Å²) in [5.41, 5.74) is 2.05. The van der Waals surface area contributed by atoms with Crippen LogP contribution < -0.4 is 19.5 Å². The molecular formula is C23H24N2O4. The van der Waals surface area contributed by atoms with Crippen molar-refractivity contribution in [3.8, 4) is 23.3 Å². The molecule has 2 aromatic rings. The Bertz CT molecular complexity index is 941. The van der Waals surface area contributed by atoms with Crippen molar-refractivity contribution in [3.63, 3.8) is 0 Å². The summed E-state index contributed by atoms with van der Waals surface area (Å²) in [7, 11) is 3.14. The molecule has 0 saturated heterocycles. The minimum absolute atomic E-state index is 0.0296. The predicted octanol–water partition coefficient (Wildman–Crippen LogP) is 4.38. The second kappa shape index (κ2) is 10.6. The number of allylic oxidation sites excluding steroid dienone is 1. The van der Waals surface area contributed by atoms with E-state index in [2.05, 4.69) is 11.9 Å². The van der Waals surface area contributed by atoms with Crippen molar-refractivity contribution < 1.29 is 19.0 Å². The highest BCUT2D eigenvalue weighted by atomic mass is 16.5. The Labute approximate surface area is 171 Å². The first-order valence-corrected chi connectivity index (χ1v) is 9.08. The molecule has 0 aliphatic rings. The molecular weight excluding hydrogens is 368 g/mol. The van der Waals surface area contributed by atoms with Gasteiger partial charge in [-0.1, -0.05) is 6.08 Å². The fourth-order valence-electron chi connectivity index (χ4n) is 2.76. The summed E-state index contributed by atoms with van der Waals surface area (Å²) >= 11 is 0. The van der Waals surface area contributed by atoms with Crippen LogP contribution in [0.1, 0.15) is 18.1 Å². The first kappa shape index (κ1) is 21.6. The number of nitrogens with zero attached hydrogens (tertiary/aromatic N) is 1. The van der Waals surface area contributed by atoms with E-state index in [0.29, 0.717) is 41.5 Å². The van der Waals surface area contributed by atoms with Gasteiger partial charge in [0.25, 0.3) is 5.91 Å². The van der Waals surface area contributed by atoms with E-state index in [1.54, 1.807) is 50.6 Å². The lowest BCUT2D eigenvalue weighted by molar-refractivity contribution is -0.112. The molecule has 0 bridgehead atoms. The fraction of sp³-hybridized carbons (Fsp3) is 0.217. The lowest BCUT2D eigenvalue weighted by atomic mass is 10.0. The van der Waals surface area contributed by atoms with E-state index in [4.69, 9.17) is 14.2 Å². The average Bonchev–Trinajstić information content (AvgIpc) is 2.73. The van der Waals surface area contributed by atoms with Crippen LogP contribution in [0, 0.1) is 11.3 Å². The Hall–Kier alpha value is -3.72. The molecule has 0 radical (unpaired) electrons. The largest absolute Gasteiger partial charge is 0.497 e. The highest BCUT2D eigenvalue weighted by molar-refractivity contribution is 6.09. The highest BCUT2D eigenvalue weighted by Gasteiger charge is 2.14. The van der Waals surface area contributed by atoms with Gasteiger partial charge in [0.15, 0.2) is 11.5 Å². The van der Waals surface area contributed by atoms with E-state index in [-0.39, 0.29) is 5.57 Å². The summed E-state index contributed by atoms with van der Waals surface area (Å²) in [6.07, 6.45) is 3.83. The summed E-state index contributed by atoms with van der Waals surface area (Å²) in [6, 6.07) is 12.4. The van der Waals surface area contributed by atoms with E-state index >= 15 is 0 Å². The zero-order valence-corrected chi connectivity index (χ0v) is 16.8. The number of benzene rings is 2. The SMILES string of the molecule is C=CCc1cc(/C=C(\C#N)C(=O)Nc2ccc(OC)cc2)cc(OCC)c1OC. The molecule has 6 nitrogen and oxygen atoms in total. The Balaban J connectivity index is 2.36. The lowest BCUT2D eigenvalue weighted by Gasteiger charge is -2.14. The summed E-state index contributed by atoms with van der Waals surface area (Å²) in [5, 5.41) is 12.2. The fourth-order valence-corrected chi connectivity index (χ4v) is 2.76. The number of carbonyl (C=O) groups is 1. The number of rotatable bonds is 9. The molecule has 0 atom stereocenters. The number of carbonyl (C=O) groups excluding carboxylic acids is 1. The molecule has 29 heavy (non-hydrogen) atoms. The zero-order chi connectivity index (χ0) is 21.2. The summed E-state index contributed by atoms with van der Waals surface area (Å²) in [5.74, 6) is 1.34. The molecule has 0 unspecified atom stereocenters. The second-order valence-electron chi connectivity index (χ2n) is 5.99. The van der Waals surface area contributed by atoms with E-state index in [1.165, 1.54) is 6.08 Å². The molecule has 150 valence electrons. The molecule has 0 aromatic heterocycles. The molecule has 1 amide bonds. The molecule has 2 rings (SSSR count). The quantitative estimate of drug-likeness (QED) is 0.389. The van der Waals surface area contributed by atoms with Crippen molar-refractivity contribution in [2.45, 2.75) is 13.3 Å². The van der Waals surface area contributed by atoms with E-state index < -0.39 is 5.91 Å². The summed E-state index contributed by atoms with van der Waals surface area (Å²) < 4.78 is 16.2. The van der Waals surface area contributed by atoms with Crippen LogP contribution in [0.5, 0.6) is 17.2 Å². The summed E-state index contributed by atoms with van der Waals surface area (Å²) in [6.45, 7) is 6.10. The smallest absolute Gasteiger partial charge is 0.266 e. The van der Waals surface area contributed by atoms with Crippen LogP contribution in [-0.2, 0) is 11.2 Å². The van der Waals surface area contributed by atoms with Crippen LogP contribution in [0.2, 0.25) is 0 Å². The van der Waals surface area contributed by atoms with Gasteiger partial charge >= 0.3 is 0 Å². The van der Waals surface area contributed by atoms with Gasteiger partial charge in [-0.25, -0.2) is 0 Å². The molecule has 0 saturated carbocycles. The van der Waals surface area contributed by atoms with Gasteiger partial charge in [0, 0.05) is 11.3 Å². The molecule has 0 aliphatic heterocycles. The monoisotopic (exact) mass is 392 g/mol. The minimum Gasteiger partial charge on any atom is -0.497 e. The molecule has 0 spiro atoms. The molecule has 6 heteroatoms. The molecule has 2 aromatic carbocycles. The van der Waals surface area contributed by atoms with Crippen molar-refractivity contribution in [1.29, 1.82) is 5.26 Å². The molecule has 0 heterocycles. The number of hydrogen-bond acceptors (Lipinski definition) is 5. The van der Waals surface area contributed by atoms with E-state index in [0.717, 1.165) is 5.56 Å². The van der Waals surface area contributed by atoms with Gasteiger partial charge in [0.1, 0.15) is 17.4 Å². The maximum Gasteiger partial charge on any atom is 0.266 e. The first-order valence-electron chi connectivity index (χ1n) is 9.08. The van der Waals surface area contributed by atoms with Gasteiger partial charge in [-0.15, -0.1) is 6.58 Å². The number of amides is 1. The van der Waals surface area contributed by atoms with Gasteiger partial charge in [-0.05, 0) is 61.4 Å². The van der Waals surface area contributed by atoms with Gasteiger partial charge in [-0.2, -0.15) is 5.26 Å². The maximum absolute atomic E-state index is 12.5. The van der Waals surface area contributed by atoms with Crippen LogP contribution in [0.4, 0.5) is 5.69 Å². The number of hydrogen-bond donors (Lipinski definition) is 1. The highest BCUT2D eigenvalue weighted by Crippen LogP contribution is 2.34. The number of nitriles is 1. The Morgan fingerprint density at radius 3 is 2.48 bits per heavy atom. The minimum atomic E-state index is -0.503. The zero-order valence-electron chi connectivity index (χ0n) is 16.8. The van der Waals surface area contributed by atoms with Crippen LogP contribution >= 0.6 is 0 Å². The maximum atomic E-state index is 12.5. The number of nitrogens with one attached hydrogen (secondary N) is 1. The van der Waals surface area contributed by atoms with E-state index in [9.17, 15) is 10.1 Å². The third-order valence-electron chi connectivity index (χ3n) is 4.05. The standard InChI is InChI=1S/C23H24N2O4/c1-5-7-17-12-16(14-21(29-6-2)22(17)28-4)13-18(15-24)23(26)25-19-8-10-20(27-3)11-9-19/h5,8-14H,1,6-7H2,2-4H3,(H,25,26)/b18-13+. The first-order chi connectivity index (χ1) is 14.1. The molecule has 0 fully saturated rings. The Kier molecular flexibility index (Phi) is 7.87. The van der Waals surface area contributed by atoms with Crippen LogP contribution in [0.15, 0.2) is 54.6 Å². The predicted molar refractivity (Wildman–Crippen MR) is 113 cm³/mol. The molecule has 0 aliphatic carbocycles. The Morgan fingerprint density at radius 2 is 1.93 bits per heavy atom. The topological polar surface area (TPSA) is 80.6 Å². The van der Waals surface area contributed by atoms with Crippen molar-refractivity contribution in [2.75, 3.05) is 26.1 Å². The van der Waals surface area contributed by atoms with Crippen LogP contribution in [-0.4, -0.2) is 26.7 Å². The van der Waals surface area contributed by atoms with Gasteiger partial charge in [0.2, 0.25) is 0 Å². The lowest BCUT2D eigenvalue weighted by Crippen LogP contribution is -2.13. The number of ether oxygens (including phenoxy) is 3. The normalized spacial score (nSPS) is 10.6. The van der Waals surface area contributed by atoms with Crippen molar-refractivity contribution in [1.82, 2.24) is 0 Å². The van der Waals surface area contributed by atoms with Crippen LogP contribution in [0.25, 0.3) is 6.08 Å². The van der Waals surface area contributed by atoms with Crippen molar-refractivity contribution in [3.05, 3.63) is 65.8 Å². The Morgan fingerprint density at radius 1 is 1.21 bits per heavy atom.